The first-order valence-corrected chi connectivity index (χ1v) is 12.8. The van der Waals surface area contributed by atoms with Crippen LogP contribution in [0, 0.1) is 35.5 Å². The molecule has 0 aromatic carbocycles. The lowest BCUT2D eigenvalue weighted by atomic mass is 9.66. The number of fused-ring (bicyclic) bond motifs is 6. The van der Waals surface area contributed by atoms with Gasteiger partial charge in [-0.2, -0.15) is 0 Å². The fourth-order valence-corrected chi connectivity index (χ4v) is 7.01. The zero-order chi connectivity index (χ0) is 22.0. The summed E-state index contributed by atoms with van der Waals surface area (Å²) in [5.74, 6) is 3.43. The Hall–Kier alpha value is -1.42. The lowest BCUT2D eigenvalue weighted by Crippen LogP contribution is -2.38. The van der Waals surface area contributed by atoms with Gasteiger partial charge in [-0.3, -0.25) is 9.59 Å². The van der Waals surface area contributed by atoms with E-state index < -0.39 is 0 Å². The van der Waals surface area contributed by atoms with Gasteiger partial charge in [0, 0.05) is 11.8 Å². The first-order valence-electron chi connectivity index (χ1n) is 12.8. The first-order chi connectivity index (χ1) is 15.1. The number of hydrogen-bond acceptors (Lipinski definition) is 4. The number of carbonyl (C=O) groups excluding carboxylic acids is 2. The molecule has 0 bridgehead atoms. The molecule has 4 heteroatoms. The lowest BCUT2D eigenvalue weighted by Gasteiger charge is -2.35. The van der Waals surface area contributed by atoms with Crippen LogP contribution in [0.3, 0.4) is 0 Å². The van der Waals surface area contributed by atoms with Crippen LogP contribution in [-0.4, -0.2) is 30.6 Å². The number of ketones is 1. The minimum atomic E-state index is -0.139. The van der Waals surface area contributed by atoms with Crippen LogP contribution in [0.15, 0.2) is 23.8 Å². The summed E-state index contributed by atoms with van der Waals surface area (Å²) in [5, 5.41) is 0. The van der Waals surface area contributed by atoms with Crippen LogP contribution in [-0.2, 0) is 19.1 Å². The van der Waals surface area contributed by atoms with E-state index in [-0.39, 0.29) is 12.0 Å². The summed E-state index contributed by atoms with van der Waals surface area (Å²) in [4.78, 5) is 24.2. The van der Waals surface area contributed by atoms with Crippen molar-refractivity contribution in [1.29, 1.82) is 0 Å². The summed E-state index contributed by atoms with van der Waals surface area (Å²) in [6.45, 7) is 6.95. The first kappa shape index (κ1) is 22.8. The number of unbranched alkanes of at least 4 members (excludes halogenated alkanes) is 1. The van der Waals surface area contributed by atoms with Crippen LogP contribution < -0.4 is 0 Å². The maximum Gasteiger partial charge on any atom is 0.293 e. The van der Waals surface area contributed by atoms with E-state index in [0.29, 0.717) is 42.2 Å². The molecule has 0 amide bonds. The molecule has 9 atom stereocenters. The van der Waals surface area contributed by atoms with Crippen LogP contribution in [0.25, 0.3) is 0 Å². The van der Waals surface area contributed by atoms with Crippen molar-refractivity contribution in [3.63, 3.8) is 0 Å². The second kappa shape index (κ2) is 10.0. The number of rotatable bonds is 12. The van der Waals surface area contributed by atoms with Crippen LogP contribution in [0.5, 0.6) is 0 Å². The molecule has 1 aliphatic heterocycles. The van der Waals surface area contributed by atoms with Gasteiger partial charge in [0.05, 0.1) is 12.2 Å². The van der Waals surface area contributed by atoms with E-state index in [1.807, 2.05) is 12.2 Å². The Morgan fingerprint density at radius 3 is 2.71 bits per heavy atom. The molecule has 0 N–H and O–H groups in total. The van der Waals surface area contributed by atoms with Gasteiger partial charge in [-0.1, -0.05) is 45.8 Å². The topological polar surface area (TPSA) is 55.9 Å². The molecule has 1 heterocycles. The van der Waals surface area contributed by atoms with E-state index in [0.717, 1.165) is 55.9 Å². The Morgan fingerprint density at radius 1 is 1.19 bits per heavy atom. The monoisotopic (exact) mass is 428 g/mol. The minimum Gasteiger partial charge on any atom is -0.460 e. The maximum atomic E-state index is 13.5. The molecule has 0 spiro atoms. The van der Waals surface area contributed by atoms with Crippen molar-refractivity contribution in [3.05, 3.63) is 23.8 Å². The van der Waals surface area contributed by atoms with Crippen LogP contribution in [0.4, 0.5) is 0 Å². The molecule has 3 fully saturated rings. The van der Waals surface area contributed by atoms with Gasteiger partial charge < -0.3 is 9.47 Å². The van der Waals surface area contributed by atoms with Gasteiger partial charge in [0.1, 0.15) is 6.10 Å². The van der Waals surface area contributed by atoms with E-state index >= 15 is 0 Å². The standard InChI is InChI=1S/C27H40O4/c1-4-6-11-18(30-16-28)12-8-7-10-17(3)25(29)23-15-22-20-13-9-14-21(20)26-27(31-26)24(22)19(23)5-2/h6,11,15-22,24,26-27H,4-5,7-10,12-14H2,1-3H3/b11-6+. The molecule has 4 rings (SSSR count). The highest BCUT2D eigenvalue weighted by molar-refractivity contribution is 5.98. The van der Waals surface area contributed by atoms with E-state index in [4.69, 9.17) is 9.47 Å². The van der Waals surface area contributed by atoms with Crippen molar-refractivity contribution >= 4 is 12.3 Å². The summed E-state index contributed by atoms with van der Waals surface area (Å²) < 4.78 is 11.3. The van der Waals surface area contributed by atoms with Crippen molar-refractivity contribution in [3.8, 4) is 0 Å². The smallest absolute Gasteiger partial charge is 0.293 e. The minimum absolute atomic E-state index is 0.0624. The normalized spacial score (nSPS) is 37.5. The van der Waals surface area contributed by atoms with E-state index in [2.05, 4.69) is 26.8 Å². The van der Waals surface area contributed by atoms with Crippen LogP contribution in [0.2, 0.25) is 0 Å². The molecule has 2 saturated carbocycles. The SMILES string of the molecule is CC/C=C/C(CCCCC(C)C(=O)C1=CC2C3CCCC3C3OC3C2C1CC)OC=O. The number of carbonyl (C=O) groups is 2. The van der Waals surface area contributed by atoms with Crippen molar-refractivity contribution in [1.82, 2.24) is 0 Å². The molecule has 172 valence electrons. The zero-order valence-electron chi connectivity index (χ0n) is 19.5. The third kappa shape index (κ3) is 4.55. The summed E-state index contributed by atoms with van der Waals surface area (Å²) >= 11 is 0. The molecule has 9 unspecified atom stereocenters. The molecule has 0 aromatic heterocycles. The number of hydrogen-bond donors (Lipinski definition) is 0. The number of ether oxygens (including phenoxy) is 2. The molecular weight excluding hydrogens is 388 g/mol. The Balaban J connectivity index is 1.32. The quantitative estimate of drug-likeness (QED) is 0.174. The van der Waals surface area contributed by atoms with Gasteiger partial charge in [-0.15, -0.1) is 0 Å². The number of epoxide rings is 1. The molecule has 31 heavy (non-hydrogen) atoms. The summed E-state index contributed by atoms with van der Waals surface area (Å²) in [5.41, 5.74) is 1.12. The van der Waals surface area contributed by atoms with Gasteiger partial charge in [0.25, 0.3) is 6.47 Å². The number of Topliss-reactive ketones (excluding diaryl/α,β-unsaturated/α-hetero) is 1. The third-order valence-corrected chi connectivity index (χ3v) is 8.53. The Kier molecular flexibility index (Phi) is 7.36. The Bertz CT molecular complexity index is 710. The average Bonchev–Trinajstić information content (AvgIpc) is 3.24. The fraction of sp³-hybridized carbons (Fsp3) is 0.778. The van der Waals surface area contributed by atoms with Crippen LogP contribution in [0.1, 0.15) is 78.6 Å². The molecule has 0 aromatic rings. The highest BCUT2D eigenvalue weighted by Gasteiger charge is 2.64. The highest BCUT2D eigenvalue weighted by Crippen LogP contribution is 2.62. The van der Waals surface area contributed by atoms with Crippen molar-refractivity contribution in [2.24, 2.45) is 35.5 Å². The summed E-state index contributed by atoms with van der Waals surface area (Å²) in [7, 11) is 0. The van der Waals surface area contributed by atoms with Gasteiger partial charge in [-0.05, 0) is 80.3 Å². The molecule has 4 aliphatic rings. The Morgan fingerprint density at radius 2 is 1.97 bits per heavy atom. The summed E-state index contributed by atoms with van der Waals surface area (Å²) in [6.07, 6.45) is 16.8. The van der Waals surface area contributed by atoms with Gasteiger partial charge in [0.2, 0.25) is 0 Å². The van der Waals surface area contributed by atoms with Crippen LogP contribution >= 0.6 is 0 Å². The molecule has 1 saturated heterocycles. The molecule has 0 radical (unpaired) electrons. The molecule has 4 nitrogen and oxygen atoms in total. The van der Waals surface area contributed by atoms with Crippen molar-refractivity contribution in [2.75, 3.05) is 0 Å². The van der Waals surface area contributed by atoms with Crippen molar-refractivity contribution < 1.29 is 19.1 Å². The van der Waals surface area contributed by atoms with E-state index in [1.54, 1.807) is 0 Å². The highest BCUT2D eigenvalue weighted by atomic mass is 16.6. The predicted octanol–water partition coefficient (Wildman–Crippen LogP) is 5.66. The van der Waals surface area contributed by atoms with E-state index in [9.17, 15) is 9.59 Å². The summed E-state index contributed by atoms with van der Waals surface area (Å²) in [6, 6.07) is 0. The molecule has 3 aliphatic carbocycles. The third-order valence-electron chi connectivity index (χ3n) is 8.53. The van der Waals surface area contributed by atoms with Gasteiger partial charge >= 0.3 is 0 Å². The predicted molar refractivity (Wildman–Crippen MR) is 121 cm³/mol. The van der Waals surface area contributed by atoms with Gasteiger partial charge in [0.15, 0.2) is 5.78 Å². The lowest BCUT2D eigenvalue weighted by molar-refractivity contribution is -0.131. The maximum absolute atomic E-state index is 13.5. The fourth-order valence-electron chi connectivity index (χ4n) is 7.01. The second-order valence-corrected chi connectivity index (χ2v) is 10.3. The van der Waals surface area contributed by atoms with E-state index in [1.165, 1.54) is 19.3 Å². The van der Waals surface area contributed by atoms with Crippen molar-refractivity contribution in [2.45, 2.75) is 96.9 Å². The molecular formula is C27H40O4. The average molecular weight is 429 g/mol. The van der Waals surface area contributed by atoms with Gasteiger partial charge in [-0.25, -0.2) is 0 Å². The number of allylic oxidation sites excluding steroid dienone is 3. The largest absolute Gasteiger partial charge is 0.460 e. The Labute approximate surface area is 187 Å². The zero-order valence-corrected chi connectivity index (χ0v) is 19.5. The second-order valence-electron chi connectivity index (χ2n) is 10.3.